The van der Waals surface area contributed by atoms with Crippen LogP contribution in [-0.2, 0) is 0 Å². The molecule has 0 saturated carbocycles. The van der Waals surface area contributed by atoms with Crippen molar-refractivity contribution in [2.75, 3.05) is 4.90 Å². The largest absolute Gasteiger partial charge is 0.310 e. The van der Waals surface area contributed by atoms with Gasteiger partial charge < -0.3 is 4.90 Å². The summed E-state index contributed by atoms with van der Waals surface area (Å²) in [4.78, 5) is 2.43. The molecule has 0 N–H and O–H groups in total. The topological polar surface area (TPSA) is 3.24 Å². The lowest BCUT2D eigenvalue weighted by atomic mass is 9.97. The van der Waals surface area contributed by atoms with E-state index in [1.165, 1.54) is 84.5 Å². The highest BCUT2D eigenvalue weighted by molar-refractivity contribution is 7.26. The van der Waals surface area contributed by atoms with Crippen molar-refractivity contribution >= 4 is 90.9 Å². The van der Waals surface area contributed by atoms with E-state index in [1.807, 2.05) is 22.7 Å². The summed E-state index contributed by atoms with van der Waals surface area (Å²) < 4.78 is 5.30. The number of anilines is 3. The first-order valence-corrected chi connectivity index (χ1v) is 20.3. The SMILES string of the molecule is c1cc(-c2ccc3sc4ccccc4c3c2)cc(N(c2ccc(-c3cccc4c3sc3ccccc34)cc2)c2ccccc2-c2ccc3ccccc3c2)c1. The number of rotatable bonds is 6. The molecule has 0 fully saturated rings. The zero-order chi connectivity index (χ0) is 36.3. The maximum atomic E-state index is 2.43. The summed E-state index contributed by atoms with van der Waals surface area (Å²) >= 11 is 3.74. The summed E-state index contributed by atoms with van der Waals surface area (Å²) in [5, 5.41) is 7.75. The quantitative estimate of drug-likeness (QED) is 0.164. The molecule has 0 unspecified atom stereocenters. The minimum Gasteiger partial charge on any atom is -0.310 e. The van der Waals surface area contributed by atoms with Gasteiger partial charge in [0.2, 0.25) is 0 Å². The molecule has 2 heterocycles. The molecular formula is C52H33NS2. The van der Waals surface area contributed by atoms with Crippen LogP contribution in [0.25, 0.3) is 84.5 Å². The van der Waals surface area contributed by atoms with E-state index in [2.05, 4.69) is 205 Å². The Morgan fingerprint density at radius 2 is 0.927 bits per heavy atom. The monoisotopic (exact) mass is 735 g/mol. The Hall–Kier alpha value is -6.52. The third-order valence-corrected chi connectivity index (χ3v) is 13.2. The summed E-state index contributed by atoms with van der Waals surface area (Å²) in [6, 6.07) is 73.5. The second kappa shape index (κ2) is 13.1. The molecule has 0 saturated heterocycles. The number of hydrogen-bond donors (Lipinski definition) is 0. The number of hydrogen-bond acceptors (Lipinski definition) is 3. The van der Waals surface area contributed by atoms with Gasteiger partial charge in [-0.3, -0.25) is 0 Å². The van der Waals surface area contributed by atoms with E-state index in [4.69, 9.17) is 0 Å². The molecule has 0 aliphatic carbocycles. The van der Waals surface area contributed by atoms with Gasteiger partial charge in [0.25, 0.3) is 0 Å². The number of thiophene rings is 2. The molecule has 0 radical (unpaired) electrons. The zero-order valence-corrected chi connectivity index (χ0v) is 31.4. The van der Waals surface area contributed by atoms with Crippen LogP contribution in [0.5, 0.6) is 0 Å². The third kappa shape index (κ3) is 5.51. The fraction of sp³-hybridized carbons (Fsp3) is 0. The van der Waals surface area contributed by atoms with E-state index in [9.17, 15) is 0 Å². The van der Waals surface area contributed by atoms with Crippen LogP contribution >= 0.6 is 22.7 Å². The molecule has 3 heteroatoms. The highest BCUT2D eigenvalue weighted by atomic mass is 32.1. The molecule has 0 atom stereocenters. The lowest BCUT2D eigenvalue weighted by Gasteiger charge is -2.28. The van der Waals surface area contributed by atoms with Crippen molar-refractivity contribution in [1.82, 2.24) is 0 Å². The summed E-state index contributed by atoms with van der Waals surface area (Å²) in [6.07, 6.45) is 0. The van der Waals surface area contributed by atoms with Crippen LogP contribution in [0.15, 0.2) is 200 Å². The molecular weight excluding hydrogens is 703 g/mol. The van der Waals surface area contributed by atoms with Gasteiger partial charge in [0.05, 0.1) is 5.69 Å². The summed E-state index contributed by atoms with van der Waals surface area (Å²) in [5.41, 5.74) is 10.6. The summed E-state index contributed by atoms with van der Waals surface area (Å²) in [6.45, 7) is 0. The highest BCUT2D eigenvalue weighted by Gasteiger charge is 2.19. The Morgan fingerprint density at radius 3 is 1.80 bits per heavy atom. The van der Waals surface area contributed by atoms with Crippen LogP contribution in [0.4, 0.5) is 17.1 Å². The smallest absolute Gasteiger partial charge is 0.0540 e. The van der Waals surface area contributed by atoms with E-state index in [0.29, 0.717) is 0 Å². The predicted molar refractivity (Wildman–Crippen MR) is 241 cm³/mol. The molecule has 0 spiro atoms. The molecule has 1 nitrogen and oxygen atoms in total. The molecule has 55 heavy (non-hydrogen) atoms. The normalized spacial score (nSPS) is 11.6. The van der Waals surface area contributed by atoms with Crippen molar-refractivity contribution in [3.05, 3.63) is 200 Å². The highest BCUT2D eigenvalue weighted by Crippen LogP contribution is 2.45. The van der Waals surface area contributed by atoms with Gasteiger partial charge in [-0.1, -0.05) is 140 Å². The summed E-state index contributed by atoms with van der Waals surface area (Å²) in [5.74, 6) is 0. The van der Waals surface area contributed by atoms with Gasteiger partial charge in [-0.05, 0) is 99.3 Å². The molecule has 9 aromatic carbocycles. The standard InChI is InChI=1S/C52H33NS2/c1-2-12-36-31-39(24-23-34(36)11-1)42-15-3-6-20-48(42)53(40-28-25-35(26-29-40)43-18-10-19-46-44-16-4-8-22-50(44)55-52(43)46)41-14-9-13-37(32-41)38-27-30-51-47(33-38)45-17-5-7-21-49(45)54-51/h1-33H. The number of benzene rings is 9. The maximum absolute atomic E-state index is 2.43. The van der Waals surface area contributed by atoms with Crippen LogP contribution in [0, 0.1) is 0 Å². The van der Waals surface area contributed by atoms with Crippen molar-refractivity contribution in [2.45, 2.75) is 0 Å². The molecule has 11 aromatic rings. The molecule has 11 rings (SSSR count). The first-order valence-electron chi connectivity index (χ1n) is 18.7. The molecule has 0 bridgehead atoms. The molecule has 0 amide bonds. The second-order valence-corrected chi connectivity index (χ2v) is 16.2. The Balaban J connectivity index is 1.07. The van der Waals surface area contributed by atoms with Crippen LogP contribution in [0.2, 0.25) is 0 Å². The van der Waals surface area contributed by atoms with E-state index in [-0.39, 0.29) is 0 Å². The zero-order valence-electron chi connectivity index (χ0n) is 29.8. The average Bonchev–Trinajstić information content (AvgIpc) is 3.82. The summed E-state index contributed by atoms with van der Waals surface area (Å²) in [7, 11) is 0. The Labute approximate surface area is 327 Å². The van der Waals surface area contributed by atoms with Crippen LogP contribution in [0.1, 0.15) is 0 Å². The van der Waals surface area contributed by atoms with Crippen molar-refractivity contribution in [3.63, 3.8) is 0 Å². The van der Waals surface area contributed by atoms with Gasteiger partial charge in [-0.15, -0.1) is 22.7 Å². The Morgan fingerprint density at radius 1 is 0.309 bits per heavy atom. The van der Waals surface area contributed by atoms with E-state index in [1.54, 1.807) is 0 Å². The lowest BCUT2D eigenvalue weighted by molar-refractivity contribution is 1.28. The molecule has 258 valence electrons. The Bertz CT molecular complexity index is 3220. The van der Waals surface area contributed by atoms with Crippen molar-refractivity contribution in [2.24, 2.45) is 0 Å². The van der Waals surface area contributed by atoms with Crippen LogP contribution in [-0.4, -0.2) is 0 Å². The van der Waals surface area contributed by atoms with Gasteiger partial charge in [0.15, 0.2) is 0 Å². The fourth-order valence-corrected chi connectivity index (χ4v) is 10.5. The van der Waals surface area contributed by atoms with E-state index in [0.717, 1.165) is 17.1 Å². The molecule has 2 aromatic heterocycles. The predicted octanol–water partition coefficient (Wildman–Crippen LogP) is 16.0. The van der Waals surface area contributed by atoms with Gasteiger partial charge in [0, 0.05) is 57.3 Å². The van der Waals surface area contributed by atoms with E-state index < -0.39 is 0 Å². The van der Waals surface area contributed by atoms with Gasteiger partial charge in [-0.2, -0.15) is 0 Å². The third-order valence-electron chi connectivity index (χ3n) is 10.9. The van der Waals surface area contributed by atoms with E-state index >= 15 is 0 Å². The molecule has 0 aliphatic heterocycles. The number of para-hydroxylation sites is 1. The molecule has 0 aliphatic rings. The fourth-order valence-electron chi connectivity index (χ4n) is 8.19. The average molecular weight is 736 g/mol. The first-order chi connectivity index (χ1) is 27.2. The first kappa shape index (κ1) is 32.0. The second-order valence-electron chi connectivity index (χ2n) is 14.1. The Kier molecular flexibility index (Phi) is 7.61. The van der Waals surface area contributed by atoms with Crippen LogP contribution in [0.3, 0.4) is 0 Å². The van der Waals surface area contributed by atoms with Crippen molar-refractivity contribution in [1.29, 1.82) is 0 Å². The van der Waals surface area contributed by atoms with Gasteiger partial charge in [-0.25, -0.2) is 0 Å². The number of fused-ring (bicyclic) bond motifs is 7. The lowest BCUT2D eigenvalue weighted by Crippen LogP contribution is -2.11. The minimum absolute atomic E-state index is 1.11. The van der Waals surface area contributed by atoms with Crippen molar-refractivity contribution in [3.8, 4) is 33.4 Å². The minimum atomic E-state index is 1.11. The maximum Gasteiger partial charge on any atom is 0.0540 e. The van der Waals surface area contributed by atoms with Gasteiger partial charge >= 0.3 is 0 Å². The van der Waals surface area contributed by atoms with Gasteiger partial charge in [0.1, 0.15) is 0 Å². The van der Waals surface area contributed by atoms with Crippen LogP contribution < -0.4 is 4.90 Å². The number of nitrogens with zero attached hydrogens (tertiary/aromatic N) is 1. The van der Waals surface area contributed by atoms with Crippen molar-refractivity contribution < 1.29 is 0 Å².